The number of carbonyl (C=O) groups is 1. The number of hydrogen-bond donors (Lipinski definition) is 1. The van der Waals surface area contributed by atoms with E-state index in [1.807, 2.05) is 18.3 Å². The van der Waals surface area contributed by atoms with Gasteiger partial charge in [0.25, 0.3) is 0 Å². The number of nitrogens with one attached hydrogen (secondary N) is 1. The molecule has 0 saturated carbocycles. The van der Waals surface area contributed by atoms with Gasteiger partial charge < -0.3 is 10.2 Å². The van der Waals surface area contributed by atoms with Gasteiger partial charge in [0.05, 0.1) is 0 Å². The number of nitrogens with zero attached hydrogens (tertiary/aromatic N) is 4. The lowest BCUT2D eigenvalue weighted by atomic mass is 9.99. The molecule has 1 aliphatic rings. The summed E-state index contributed by atoms with van der Waals surface area (Å²) in [5, 5.41) is 6.91. The topological polar surface area (TPSA) is 63.1 Å². The smallest absolute Gasteiger partial charge is 0.241 e. The van der Waals surface area contributed by atoms with E-state index in [4.69, 9.17) is 0 Å². The molecule has 0 aromatic carbocycles. The van der Waals surface area contributed by atoms with Gasteiger partial charge in [-0.3, -0.25) is 9.48 Å². The van der Waals surface area contributed by atoms with Crippen molar-refractivity contribution in [1.29, 1.82) is 0 Å². The van der Waals surface area contributed by atoms with Crippen molar-refractivity contribution in [2.24, 2.45) is 5.92 Å². The summed E-state index contributed by atoms with van der Waals surface area (Å²) in [7, 11) is 0. The molecule has 0 spiro atoms. The van der Waals surface area contributed by atoms with Crippen molar-refractivity contribution in [3.8, 4) is 0 Å². The second-order valence-corrected chi connectivity index (χ2v) is 6.17. The summed E-state index contributed by atoms with van der Waals surface area (Å²) in [6.07, 6.45) is 7.74. The van der Waals surface area contributed by atoms with Crippen LogP contribution in [0.1, 0.15) is 25.3 Å². The second-order valence-electron chi connectivity index (χ2n) is 6.17. The number of carbonyl (C=O) groups excluding carboxylic acids is 1. The van der Waals surface area contributed by atoms with Crippen LogP contribution in [0.25, 0.3) is 0 Å². The number of anilines is 1. The number of amides is 1. The van der Waals surface area contributed by atoms with Crippen LogP contribution in [-0.2, 0) is 17.9 Å². The molecule has 3 rings (SSSR count). The molecule has 0 unspecified atom stereocenters. The molecular formula is C17H23N5O. The van der Waals surface area contributed by atoms with Gasteiger partial charge in [0, 0.05) is 38.2 Å². The van der Waals surface area contributed by atoms with E-state index in [1.165, 1.54) is 12.8 Å². The molecule has 1 fully saturated rings. The van der Waals surface area contributed by atoms with Crippen LogP contribution >= 0.6 is 0 Å². The van der Waals surface area contributed by atoms with Crippen molar-refractivity contribution >= 4 is 11.7 Å². The third kappa shape index (κ3) is 4.31. The fraction of sp³-hybridized carbons (Fsp3) is 0.471. The minimum absolute atomic E-state index is 0.0530. The van der Waals surface area contributed by atoms with E-state index in [0.717, 1.165) is 30.4 Å². The standard InChI is InChI=1S/C17H23N5O/c1-14-5-9-21(10-6-14)16-4-3-15(11-18-16)12-19-17(23)13-22-8-2-7-20-22/h2-4,7-8,11,14H,5-6,9-10,12-13H2,1H3,(H,19,23). The normalized spacial score (nSPS) is 15.6. The Morgan fingerprint density at radius 3 is 2.83 bits per heavy atom. The van der Waals surface area contributed by atoms with Crippen LogP contribution in [0.2, 0.25) is 0 Å². The summed E-state index contributed by atoms with van der Waals surface area (Å²) in [5.74, 6) is 1.79. The number of rotatable bonds is 5. The highest BCUT2D eigenvalue weighted by atomic mass is 16.2. The Labute approximate surface area is 136 Å². The van der Waals surface area contributed by atoms with Crippen LogP contribution < -0.4 is 10.2 Å². The summed E-state index contributed by atoms with van der Waals surface area (Å²) < 4.78 is 1.61. The van der Waals surface area contributed by atoms with Gasteiger partial charge in [-0.05, 0) is 36.5 Å². The largest absolute Gasteiger partial charge is 0.357 e. The summed E-state index contributed by atoms with van der Waals surface area (Å²) in [6.45, 7) is 5.19. The maximum absolute atomic E-state index is 11.8. The van der Waals surface area contributed by atoms with Gasteiger partial charge in [-0.15, -0.1) is 0 Å². The van der Waals surface area contributed by atoms with Gasteiger partial charge in [0.1, 0.15) is 12.4 Å². The molecule has 0 atom stereocenters. The van der Waals surface area contributed by atoms with E-state index in [2.05, 4.69) is 27.2 Å². The van der Waals surface area contributed by atoms with Gasteiger partial charge in [0.15, 0.2) is 0 Å². The molecule has 23 heavy (non-hydrogen) atoms. The molecule has 1 N–H and O–H groups in total. The average molecular weight is 313 g/mol. The zero-order chi connectivity index (χ0) is 16.1. The van der Waals surface area contributed by atoms with Gasteiger partial charge in [0.2, 0.25) is 5.91 Å². The Hall–Kier alpha value is -2.37. The fourth-order valence-electron chi connectivity index (χ4n) is 2.74. The number of pyridine rings is 1. The molecular weight excluding hydrogens is 290 g/mol. The van der Waals surface area contributed by atoms with Crippen molar-refractivity contribution in [2.75, 3.05) is 18.0 Å². The van der Waals surface area contributed by atoms with E-state index in [0.29, 0.717) is 6.54 Å². The van der Waals surface area contributed by atoms with Crippen LogP contribution in [-0.4, -0.2) is 33.8 Å². The highest BCUT2D eigenvalue weighted by molar-refractivity contribution is 5.75. The molecule has 2 aromatic rings. The van der Waals surface area contributed by atoms with Crippen molar-refractivity contribution in [1.82, 2.24) is 20.1 Å². The van der Waals surface area contributed by atoms with Crippen molar-refractivity contribution in [3.63, 3.8) is 0 Å². The summed E-state index contributed by atoms with van der Waals surface area (Å²) in [5.41, 5.74) is 1.01. The molecule has 1 aliphatic heterocycles. The lowest BCUT2D eigenvalue weighted by Crippen LogP contribution is -2.33. The van der Waals surface area contributed by atoms with Crippen molar-refractivity contribution in [3.05, 3.63) is 42.4 Å². The maximum Gasteiger partial charge on any atom is 0.241 e. The number of aromatic nitrogens is 3. The molecule has 1 amide bonds. The maximum atomic E-state index is 11.8. The highest BCUT2D eigenvalue weighted by Gasteiger charge is 2.16. The van der Waals surface area contributed by atoms with Crippen molar-refractivity contribution < 1.29 is 4.79 Å². The molecule has 2 aromatic heterocycles. The minimum atomic E-state index is -0.0530. The number of hydrogen-bond acceptors (Lipinski definition) is 4. The van der Waals surface area contributed by atoms with Gasteiger partial charge in [-0.25, -0.2) is 4.98 Å². The Morgan fingerprint density at radius 1 is 1.35 bits per heavy atom. The molecule has 0 radical (unpaired) electrons. The Morgan fingerprint density at radius 2 is 2.17 bits per heavy atom. The third-order valence-electron chi connectivity index (χ3n) is 4.27. The van der Waals surface area contributed by atoms with E-state index in [-0.39, 0.29) is 12.5 Å². The first-order valence-corrected chi connectivity index (χ1v) is 8.15. The molecule has 6 nitrogen and oxygen atoms in total. The SMILES string of the molecule is CC1CCN(c2ccc(CNC(=O)Cn3cccn3)cn2)CC1. The fourth-order valence-corrected chi connectivity index (χ4v) is 2.74. The third-order valence-corrected chi connectivity index (χ3v) is 4.27. The molecule has 1 saturated heterocycles. The van der Waals surface area contributed by atoms with Gasteiger partial charge in [-0.1, -0.05) is 13.0 Å². The van der Waals surface area contributed by atoms with Crippen LogP contribution in [0, 0.1) is 5.92 Å². The first-order chi connectivity index (χ1) is 11.2. The highest BCUT2D eigenvalue weighted by Crippen LogP contribution is 2.21. The lowest BCUT2D eigenvalue weighted by molar-refractivity contribution is -0.122. The Bertz CT molecular complexity index is 615. The molecule has 6 heteroatoms. The molecule has 122 valence electrons. The van der Waals surface area contributed by atoms with E-state index >= 15 is 0 Å². The Kier molecular flexibility index (Phi) is 4.90. The molecule has 0 aliphatic carbocycles. The average Bonchev–Trinajstić information content (AvgIpc) is 3.07. The molecule has 0 bridgehead atoms. The summed E-state index contributed by atoms with van der Waals surface area (Å²) >= 11 is 0. The predicted molar refractivity (Wildman–Crippen MR) is 88.9 cm³/mol. The first-order valence-electron chi connectivity index (χ1n) is 8.15. The van der Waals surface area contributed by atoms with Gasteiger partial charge >= 0.3 is 0 Å². The molecule has 3 heterocycles. The predicted octanol–water partition coefficient (Wildman–Crippen LogP) is 1.83. The van der Waals surface area contributed by atoms with E-state index in [9.17, 15) is 4.79 Å². The van der Waals surface area contributed by atoms with Gasteiger partial charge in [-0.2, -0.15) is 5.10 Å². The minimum Gasteiger partial charge on any atom is -0.357 e. The summed E-state index contributed by atoms with van der Waals surface area (Å²) in [6, 6.07) is 5.89. The lowest BCUT2D eigenvalue weighted by Gasteiger charge is -2.31. The van der Waals surface area contributed by atoms with E-state index < -0.39 is 0 Å². The van der Waals surface area contributed by atoms with Crippen LogP contribution in [0.15, 0.2) is 36.8 Å². The quantitative estimate of drug-likeness (QED) is 0.915. The van der Waals surface area contributed by atoms with Crippen LogP contribution in [0.3, 0.4) is 0 Å². The summed E-state index contributed by atoms with van der Waals surface area (Å²) in [4.78, 5) is 18.7. The zero-order valence-electron chi connectivity index (χ0n) is 13.5. The van der Waals surface area contributed by atoms with Crippen molar-refractivity contribution in [2.45, 2.75) is 32.9 Å². The van der Waals surface area contributed by atoms with E-state index in [1.54, 1.807) is 23.1 Å². The zero-order valence-corrected chi connectivity index (χ0v) is 13.5. The monoisotopic (exact) mass is 313 g/mol. The van der Waals surface area contributed by atoms with Crippen LogP contribution in [0.4, 0.5) is 5.82 Å². The second kappa shape index (κ2) is 7.26. The number of piperidine rings is 1. The van der Waals surface area contributed by atoms with Crippen LogP contribution in [0.5, 0.6) is 0 Å². The first kappa shape index (κ1) is 15.5. The Balaban J connectivity index is 1.48.